The maximum absolute atomic E-state index is 10.5. The molecule has 2 atom stereocenters. The molecule has 0 heterocycles. The molecule has 1 aliphatic rings. The number of nitrogens with two attached hydrogens (primary N) is 1. The van der Waals surface area contributed by atoms with E-state index in [0.717, 1.165) is 5.57 Å². The van der Waals surface area contributed by atoms with Gasteiger partial charge < -0.3 is 10.8 Å². The summed E-state index contributed by atoms with van der Waals surface area (Å²) in [6.07, 6.45) is 5.92. The highest BCUT2D eigenvalue weighted by atomic mass is 16.4. The Labute approximate surface area is 81.3 Å². The Morgan fingerprint density at radius 3 is 3.07 bits per heavy atom. The summed E-state index contributed by atoms with van der Waals surface area (Å²) in [6, 6.07) is -1.28. The highest BCUT2D eigenvalue weighted by Crippen LogP contribution is 2.19. The third kappa shape index (κ3) is 2.77. The number of hydrogen-bond donors (Lipinski definition) is 2. The molecule has 76 valence electrons. The number of carbonyl (C=O) groups is 1. The van der Waals surface area contributed by atoms with Crippen molar-refractivity contribution < 1.29 is 9.90 Å². The number of allylic oxidation sites excluding steroid dienone is 2. The Kier molecular flexibility index (Phi) is 3.53. The van der Waals surface area contributed by atoms with Crippen LogP contribution in [0.2, 0.25) is 0 Å². The van der Waals surface area contributed by atoms with Crippen molar-refractivity contribution in [2.24, 2.45) is 10.9 Å². The summed E-state index contributed by atoms with van der Waals surface area (Å²) in [5, 5.41) is 11.5. The Morgan fingerprint density at radius 1 is 1.79 bits per heavy atom. The molecule has 0 radical (unpaired) electrons. The van der Waals surface area contributed by atoms with Crippen molar-refractivity contribution in [1.82, 2.24) is 0 Å². The van der Waals surface area contributed by atoms with Crippen LogP contribution in [-0.2, 0) is 4.79 Å². The molecule has 0 saturated carbocycles. The van der Waals surface area contributed by atoms with Gasteiger partial charge in [0.25, 0.3) is 0 Å². The minimum Gasteiger partial charge on any atom is -0.480 e. The van der Waals surface area contributed by atoms with E-state index < -0.39 is 12.0 Å². The predicted octanol–water partition coefficient (Wildman–Crippen LogP) is 0.810. The van der Waals surface area contributed by atoms with E-state index in [1.54, 1.807) is 18.2 Å². The molecule has 0 aromatic heterocycles. The van der Waals surface area contributed by atoms with Crippen LogP contribution < -0.4 is 5.73 Å². The Hall–Kier alpha value is -1.49. The van der Waals surface area contributed by atoms with Gasteiger partial charge in [0.1, 0.15) is 12.1 Å². The monoisotopic (exact) mass is 196 g/mol. The van der Waals surface area contributed by atoms with Gasteiger partial charge in [-0.25, -0.2) is 0 Å². The van der Waals surface area contributed by atoms with Crippen LogP contribution in [0.5, 0.6) is 0 Å². The summed E-state index contributed by atoms with van der Waals surface area (Å²) in [4.78, 5) is 20.7. The first-order valence-electron chi connectivity index (χ1n) is 4.30. The van der Waals surface area contributed by atoms with Crippen LogP contribution in [0.25, 0.3) is 0 Å². The number of aliphatic carboxylic acids is 1. The Morgan fingerprint density at radius 2 is 2.50 bits per heavy atom. The first-order chi connectivity index (χ1) is 6.63. The summed E-state index contributed by atoms with van der Waals surface area (Å²) >= 11 is 0. The van der Waals surface area contributed by atoms with Crippen LogP contribution in [0.3, 0.4) is 0 Å². The van der Waals surface area contributed by atoms with Crippen LogP contribution >= 0.6 is 0 Å². The van der Waals surface area contributed by atoms with Gasteiger partial charge in [0.15, 0.2) is 0 Å². The van der Waals surface area contributed by atoms with Gasteiger partial charge in [0.05, 0.1) is 0 Å². The van der Waals surface area contributed by atoms with Gasteiger partial charge in [-0.3, -0.25) is 4.79 Å². The summed E-state index contributed by atoms with van der Waals surface area (Å²) < 4.78 is 0. The van der Waals surface area contributed by atoms with Gasteiger partial charge in [-0.05, 0) is 12.8 Å². The molecular weight excluding hydrogens is 184 g/mol. The molecule has 0 saturated heterocycles. The standard InChI is InChI=1S/C9H12N2O3/c10-8(9(12)13)5-6-2-1-3-7(4-6)11-14/h1-3,7-8H,4-5,10H2,(H,12,13). The van der Waals surface area contributed by atoms with Crippen LogP contribution in [0.1, 0.15) is 12.8 Å². The lowest BCUT2D eigenvalue weighted by atomic mass is 9.96. The molecular formula is C9H12N2O3. The lowest BCUT2D eigenvalue weighted by Gasteiger charge is -2.14. The molecule has 1 rings (SSSR count). The lowest BCUT2D eigenvalue weighted by Crippen LogP contribution is -2.30. The second-order valence-electron chi connectivity index (χ2n) is 3.24. The van der Waals surface area contributed by atoms with Crippen LogP contribution in [-0.4, -0.2) is 23.2 Å². The van der Waals surface area contributed by atoms with Crippen molar-refractivity contribution in [3.63, 3.8) is 0 Å². The van der Waals surface area contributed by atoms with Crippen LogP contribution in [0, 0.1) is 4.91 Å². The van der Waals surface area contributed by atoms with Gasteiger partial charge in [-0.2, -0.15) is 4.91 Å². The number of nitrogens with zero attached hydrogens (tertiary/aromatic N) is 1. The van der Waals surface area contributed by atoms with Crippen LogP contribution in [0.15, 0.2) is 29.0 Å². The van der Waals surface area contributed by atoms with E-state index in [1.807, 2.05) is 0 Å². The second-order valence-corrected chi connectivity index (χ2v) is 3.24. The fraction of sp³-hybridized carbons (Fsp3) is 0.444. The maximum atomic E-state index is 10.5. The summed E-state index contributed by atoms with van der Waals surface area (Å²) in [5.41, 5.74) is 6.21. The van der Waals surface area contributed by atoms with Crippen molar-refractivity contribution >= 4 is 5.97 Å². The van der Waals surface area contributed by atoms with E-state index >= 15 is 0 Å². The molecule has 0 aliphatic heterocycles. The summed E-state index contributed by atoms with van der Waals surface area (Å²) in [5.74, 6) is -1.03. The average molecular weight is 196 g/mol. The van der Waals surface area contributed by atoms with Gasteiger partial charge in [0, 0.05) is 0 Å². The first-order valence-corrected chi connectivity index (χ1v) is 4.30. The maximum Gasteiger partial charge on any atom is 0.320 e. The smallest absolute Gasteiger partial charge is 0.320 e. The van der Waals surface area contributed by atoms with E-state index in [-0.39, 0.29) is 12.5 Å². The molecule has 0 amide bonds. The normalized spacial score (nSPS) is 22.6. The summed E-state index contributed by atoms with van der Waals surface area (Å²) in [7, 11) is 0. The number of rotatable bonds is 4. The molecule has 0 bridgehead atoms. The molecule has 0 aromatic carbocycles. The fourth-order valence-corrected chi connectivity index (χ4v) is 1.32. The fourth-order valence-electron chi connectivity index (χ4n) is 1.32. The summed E-state index contributed by atoms with van der Waals surface area (Å²) in [6.45, 7) is 0. The molecule has 1 aliphatic carbocycles. The van der Waals surface area contributed by atoms with Crippen molar-refractivity contribution in [2.45, 2.75) is 24.9 Å². The number of carboxylic acids is 1. The van der Waals surface area contributed by atoms with E-state index in [9.17, 15) is 9.70 Å². The predicted molar refractivity (Wildman–Crippen MR) is 51.7 cm³/mol. The topological polar surface area (TPSA) is 92.8 Å². The van der Waals surface area contributed by atoms with Crippen molar-refractivity contribution in [1.29, 1.82) is 0 Å². The molecule has 5 nitrogen and oxygen atoms in total. The zero-order valence-electron chi connectivity index (χ0n) is 7.59. The van der Waals surface area contributed by atoms with E-state index in [4.69, 9.17) is 10.8 Å². The van der Waals surface area contributed by atoms with Gasteiger partial charge in [-0.15, -0.1) is 0 Å². The van der Waals surface area contributed by atoms with E-state index in [2.05, 4.69) is 5.18 Å². The zero-order valence-corrected chi connectivity index (χ0v) is 7.59. The molecule has 14 heavy (non-hydrogen) atoms. The molecule has 0 fully saturated rings. The first kappa shape index (κ1) is 10.6. The van der Waals surface area contributed by atoms with Gasteiger partial charge >= 0.3 is 5.97 Å². The van der Waals surface area contributed by atoms with E-state index in [0.29, 0.717) is 6.42 Å². The van der Waals surface area contributed by atoms with E-state index in [1.165, 1.54) is 0 Å². The Bertz CT molecular complexity index is 296. The molecule has 0 spiro atoms. The van der Waals surface area contributed by atoms with Crippen molar-refractivity contribution in [2.75, 3.05) is 0 Å². The minimum atomic E-state index is -1.03. The van der Waals surface area contributed by atoms with Crippen molar-refractivity contribution in [3.8, 4) is 0 Å². The molecule has 2 unspecified atom stereocenters. The highest BCUT2D eigenvalue weighted by Gasteiger charge is 2.17. The number of hydrogen-bond acceptors (Lipinski definition) is 4. The Balaban J connectivity index is 2.54. The highest BCUT2D eigenvalue weighted by molar-refractivity contribution is 5.73. The minimum absolute atomic E-state index is 0.270. The largest absolute Gasteiger partial charge is 0.480 e. The quantitative estimate of drug-likeness (QED) is 0.650. The zero-order chi connectivity index (χ0) is 10.6. The van der Waals surface area contributed by atoms with Gasteiger partial charge in [-0.1, -0.05) is 29.0 Å². The SMILES string of the molecule is NC(CC1=CC=CC(N=O)C1)C(=O)O. The lowest BCUT2D eigenvalue weighted by molar-refractivity contribution is -0.138. The van der Waals surface area contributed by atoms with Gasteiger partial charge in [0.2, 0.25) is 0 Å². The van der Waals surface area contributed by atoms with Crippen LogP contribution in [0.4, 0.5) is 0 Å². The third-order valence-electron chi connectivity index (χ3n) is 2.07. The number of nitroso groups, excluding NO2 is 1. The number of carboxylic acid groups (broad SMARTS) is 1. The molecule has 3 N–H and O–H groups in total. The molecule has 5 heteroatoms. The third-order valence-corrected chi connectivity index (χ3v) is 2.07. The van der Waals surface area contributed by atoms with Crippen molar-refractivity contribution in [3.05, 3.63) is 28.7 Å². The molecule has 0 aromatic rings. The second kappa shape index (κ2) is 4.66. The average Bonchev–Trinajstić information content (AvgIpc) is 2.18.